The average molecular weight is 1200 g/mol. The Morgan fingerprint density at radius 2 is 0.580 bits per heavy atom. The molecule has 0 radical (unpaired) electrons. The molecule has 8 aliphatic heterocycles. The first-order valence-electron chi connectivity index (χ1n) is 25.8. The summed E-state index contributed by atoms with van der Waals surface area (Å²) in [7, 11) is 0. The zero-order valence-electron chi connectivity index (χ0n) is 42.4. The molecule has 0 aromatic carbocycles. The summed E-state index contributed by atoms with van der Waals surface area (Å²) in [6.07, 6.45) is -68.7. The van der Waals surface area contributed by atoms with Crippen LogP contribution in [0.15, 0.2) is 0 Å². The SMILES string of the molecule is OC[C@@H]1O[C@@H](O[C@H]2[C@@H](OC[C@H]3O[C@@H](O[C@H]4[C@H](O)[C@@H](O)C(O)O[C@@H]4CO)[C@H](O)[C@@H](O)[C@@H]3O[C@@H]3O[C@H](CO[C@H]4OC[C@@H](O)[C@H](O)[C@H]4O)[C@@H](O[C@@H]4O[C@H](CO[C@H]5OC[C@@H](O)[C@H](O)[C@H]5O)[C@@H](O)[C@H](O)[C@H]4O)[C@H](O)[C@H]3O)OC[C@@H](O)[C@@H]2O)[C@H](O)[C@H]1O. The number of ether oxygens (including phenoxy) is 15. The molecule has 0 saturated carbocycles. The molecule has 37 nitrogen and oxygen atoms in total. The summed E-state index contributed by atoms with van der Waals surface area (Å²) >= 11 is 0. The van der Waals surface area contributed by atoms with Crippen LogP contribution in [-0.4, -0.2) is 386 Å². The van der Waals surface area contributed by atoms with Crippen molar-refractivity contribution in [1.29, 1.82) is 0 Å². The van der Waals surface area contributed by atoms with E-state index in [1.807, 2.05) is 0 Å². The third kappa shape index (κ3) is 14.1. The van der Waals surface area contributed by atoms with Crippen LogP contribution < -0.4 is 0 Å². The van der Waals surface area contributed by atoms with Crippen molar-refractivity contribution in [2.45, 2.75) is 221 Å². The van der Waals surface area contributed by atoms with Crippen molar-refractivity contribution < 1.29 is 183 Å². The number of hydrogen-bond acceptors (Lipinski definition) is 37. The fourth-order valence-electron chi connectivity index (χ4n) is 10.1. The maximum absolute atomic E-state index is 11.9. The molecule has 8 heterocycles. The van der Waals surface area contributed by atoms with Gasteiger partial charge < -0.3 is 183 Å². The molecule has 8 rings (SSSR count). The molecular weight excluding hydrogens is 1120 g/mol. The first-order valence-corrected chi connectivity index (χ1v) is 25.8. The molecule has 472 valence electrons. The van der Waals surface area contributed by atoms with Crippen molar-refractivity contribution in [3.05, 3.63) is 0 Å². The van der Waals surface area contributed by atoms with Gasteiger partial charge in [-0.15, -0.1) is 0 Å². The molecule has 8 aliphatic rings. The summed E-state index contributed by atoms with van der Waals surface area (Å²) in [5.41, 5.74) is 0. The summed E-state index contributed by atoms with van der Waals surface area (Å²) in [4.78, 5) is 0. The molecule has 37 heteroatoms. The van der Waals surface area contributed by atoms with E-state index in [0.717, 1.165) is 0 Å². The topological polar surface area (TPSA) is 584 Å². The second-order valence-electron chi connectivity index (χ2n) is 20.7. The lowest BCUT2D eigenvalue weighted by Gasteiger charge is -2.49. The van der Waals surface area contributed by atoms with Gasteiger partial charge in [-0.05, 0) is 0 Å². The van der Waals surface area contributed by atoms with Gasteiger partial charge in [-0.2, -0.15) is 0 Å². The lowest BCUT2D eigenvalue weighted by atomic mass is 9.95. The normalized spacial score (nSPS) is 53.9. The highest BCUT2D eigenvalue weighted by atomic mass is 16.8. The molecular formula is C44H74O37. The van der Waals surface area contributed by atoms with Crippen molar-refractivity contribution in [3.8, 4) is 0 Å². The largest absolute Gasteiger partial charge is 0.394 e. The third-order valence-corrected chi connectivity index (χ3v) is 15.1. The van der Waals surface area contributed by atoms with Gasteiger partial charge in [0.15, 0.2) is 50.3 Å². The van der Waals surface area contributed by atoms with E-state index in [0.29, 0.717) is 0 Å². The second-order valence-corrected chi connectivity index (χ2v) is 20.7. The van der Waals surface area contributed by atoms with Crippen molar-refractivity contribution in [2.75, 3.05) is 52.9 Å². The van der Waals surface area contributed by atoms with Gasteiger partial charge in [0.1, 0.15) is 171 Å². The highest BCUT2D eigenvalue weighted by Gasteiger charge is 2.57. The van der Waals surface area contributed by atoms with Crippen molar-refractivity contribution >= 4 is 0 Å². The zero-order valence-corrected chi connectivity index (χ0v) is 42.4. The molecule has 1 unspecified atom stereocenters. The first kappa shape index (κ1) is 65.5. The van der Waals surface area contributed by atoms with Crippen LogP contribution in [0.4, 0.5) is 0 Å². The van der Waals surface area contributed by atoms with Crippen LogP contribution >= 0.6 is 0 Å². The average Bonchev–Trinajstić information content (AvgIpc) is 3.76. The van der Waals surface area contributed by atoms with Crippen LogP contribution in [0.5, 0.6) is 0 Å². The molecule has 0 aliphatic carbocycles. The lowest BCUT2D eigenvalue weighted by molar-refractivity contribution is -0.394. The predicted molar refractivity (Wildman–Crippen MR) is 240 cm³/mol. The summed E-state index contributed by atoms with van der Waals surface area (Å²) < 4.78 is 84.7. The number of rotatable bonds is 19. The Morgan fingerprint density at radius 1 is 0.259 bits per heavy atom. The van der Waals surface area contributed by atoms with E-state index in [2.05, 4.69) is 0 Å². The van der Waals surface area contributed by atoms with E-state index in [9.17, 15) is 112 Å². The van der Waals surface area contributed by atoms with E-state index >= 15 is 0 Å². The van der Waals surface area contributed by atoms with E-state index in [1.54, 1.807) is 0 Å². The van der Waals surface area contributed by atoms with Gasteiger partial charge in [0.2, 0.25) is 0 Å². The smallest absolute Gasteiger partial charge is 0.187 e. The second kappa shape index (κ2) is 28.1. The summed E-state index contributed by atoms with van der Waals surface area (Å²) in [6.45, 7) is -6.09. The summed E-state index contributed by atoms with van der Waals surface area (Å²) in [5.74, 6) is 0. The van der Waals surface area contributed by atoms with Crippen molar-refractivity contribution in [2.24, 2.45) is 0 Å². The minimum absolute atomic E-state index is 0.490. The molecule has 8 saturated heterocycles. The van der Waals surface area contributed by atoms with Gasteiger partial charge in [0.05, 0.1) is 52.9 Å². The molecule has 81 heavy (non-hydrogen) atoms. The van der Waals surface area contributed by atoms with Gasteiger partial charge in [-0.1, -0.05) is 0 Å². The van der Waals surface area contributed by atoms with Crippen LogP contribution in [0.2, 0.25) is 0 Å². The summed E-state index contributed by atoms with van der Waals surface area (Å²) in [5, 5.41) is 235. The number of hydrogen-bond donors (Lipinski definition) is 22. The first-order chi connectivity index (χ1) is 38.4. The van der Waals surface area contributed by atoms with Crippen LogP contribution in [0, 0.1) is 0 Å². The Balaban J connectivity index is 1.04. The quantitative estimate of drug-likeness (QED) is 0.0571. The maximum Gasteiger partial charge on any atom is 0.187 e. The standard InChI is InChI=1S/C44H74O37/c45-1-12-20(53)29(62)40(74-12)81-36-19(52)11(49)5-69-44(36)72-8-16-35(24(57)31(64)42(77-16)78-33-13(2-46)73-37(66)26(59)23(33)56)80-43-32(65)25(58)34(15(76-43)7-71-39-28(61)18(51)10(48)4-68-39)79-41-30(63)22(55)21(54)14(75-41)6-70-38-27(60)17(50)9(47)3-67-38/h9-66H,1-8H2/t9-,10-,11-,12+,13-,14-,15-,16-,17+,18+,19+,20+,21-,22+,23-,24-,25-,26-,27-,28-,29-,30-,31-,32-,33-,34-,35-,36-,37?,38-,39-,40+,41+,42+,43+,44-/m1/s1. The Morgan fingerprint density at radius 3 is 1.04 bits per heavy atom. The number of aliphatic hydroxyl groups is 22. The van der Waals surface area contributed by atoms with Gasteiger partial charge in [-0.3, -0.25) is 0 Å². The Bertz CT molecular complexity index is 1920. The highest BCUT2D eigenvalue weighted by Crippen LogP contribution is 2.37. The third-order valence-electron chi connectivity index (χ3n) is 15.1. The van der Waals surface area contributed by atoms with Gasteiger partial charge in [-0.25, -0.2) is 0 Å². The van der Waals surface area contributed by atoms with E-state index in [4.69, 9.17) is 71.1 Å². The monoisotopic (exact) mass is 1190 g/mol. The number of aliphatic hydroxyl groups excluding tert-OH is 22. The lowest BCUT2D eigenvalue weighted by Crippen LogP contribution is -2.68. The molecule has 22 N–H and O–H groups in total. The zero-order chi connectivity index (χ0) is 59.0. The molecule has 0 bridgehead atoms. The maximum atomic E-state index is 11.9. The van der Waals surface area contributed by atoms with E-state index < -0.39 is 274 Å². The fourth-order valence-corrected chi connectivity index (χ4v) is 10.1. The van der Waals surface area contributed by atoms with Gasteiger partial charge in [0.25, 0.3) is 0 Å². The molecule has 0 aromatic rings. The highest BCUT2D eigenvalue weighted by molar-refractivity contribution is 4.99. The molecule has 8 fully saturated rings. The van der Waals surface area contributed by atoms with Crippen LogP contribution in [0.3, 0.4) is 0 Å². The summed E-state index contributed by atoms with van der Waals surface area (Å²) in [6, 6.07) is 0. The van der Waals surface area contributed by atoms with Crippen LogP contribution in [0.1, 0.15) is 0 Å². The van der Waals surface area contributed by atoms with Crippen molar-refractivity contribution in [3.63, 3.8) is 0 Å². The van der Waals surface area contributed by atoms with E-state index in [1.165, 1.54) is 0 Å². The van der Waals surface area contributed by atoms with Gasteiger partial charge in [0, 0.05) is 0 Å². The Hall–Kier alpha value is -1.48. The molecule has 0 aromatic heterocycles. The minimum atomic E-state index is -2.36. The van der Waals surface area contributed by atoms with Crippen LogP contribution in [-0.2, 0) is 71.1 Å². The van der Waals surface area contributed by atoms with Crippen molar-refractivity contribution in [1.82, 2.24) is 0 Å². The van der Waals surface area contributed by atoms with Gasteiger partial charge >= 0.3 is 0 Å². The van der Waals surface area contributed by atoms with E-state index in [-0.39, 0.29) is 0 Å². The molecule has 0 amide bonds. The Labute approximate surface area is 457 Å². The Kier molecular flexibility index (Phi) is 22.7. The fraction of sp³-hybridized carbons (Fsp3) is 1.00. The molecule has 0 spiro atoms. The minimum Gasteiger partial charge on any atom is -0.394 e. The van der Waals surface area contributed by atoms with Crippen LogP contribution in [0.25, 0.3) is 0 Å². The molecule has 36 atom stereocenters. The predicted octanol–water partition coefficient (Wildman–Crippen LogP) is -15.9.